The van der Waals surface area contributed by atoms with Gasteiger partial charge in [-0.2, -0.15) is 8.78 Å². The summed E-state index contributed by atoms with van der Waals surface area (Å²) in [5.41, 5.74) is -0.171. The van der Waals surface area contributed by atoms with E-state index in [1.165, 1.54) is 31.2 Å². The minimum Gasteiger partial charge on any atom is -0.544 e. The zero-order valence-corrected chi connectivity index (χ0v) is 12.3. The number of esters is 2. The number of benzene rings is 1. The molecule has 0 aliphatic carbocycles. The van der Waals surface area contributed by atoms with Crippen molar-refractivity contribution in [2.45, 2.75) is 31.8 Å². The van der Waals surface area contributed by atoms with Crippen LogP contribution in [0.3, 0.4) is 0 Å². The third kappa shape index (κ3) is 5.65. The minimum absolute atomic E-state index is 0.0663. The Hall–Kier alpha value is -2.51. The maximum absolute atomic E-state index is 13.7. The summed E-state index contributed by atoms with van der Waals surface area (Å²) in [5.74, 6) is -8.59. The first kappa shape index (κ1) is 18.5. The Kier molecular flexibility index (Phi) is 6.62. The number of rotatable bonds is 8. The molecular weight excluding hydrogens is 314 g/mol. The Morgan fingerprint density at radius 2 is 1.83 bits per heavy atom. The van der Waals surface area contributed by atoms with Crippen LogP contribution in [-0.2, 0) is 23.9 Å². The van der Waals surface area contributed by atoms with Gasteiger partial charge in [0.1, 0.15) is 5.97 Å². The van der Waals surface area contributed by atoms with Crippen molar-refractivity contribution in [3.05, 3.63) is 35.9 Å². The number of hydrogen-bond donors (Lipinski definition) is 0. The topological polar surface area (TPSA) is 92.7 Å². The predicted molar refractivity (Wildman–Crippen MR) is 71.1 cm³/mol. The van der Waals surface area contributed by atoms with E-state index in [0.29, 0.717) is 0 Å². The van der Waals surface area contributed by atoms with Gasteiger partial charge >= 0.3 is 17.9 Å². The van der Waals surface area contributed by atoms with Crippen molar-refractivity contribution in [1.82, 2.24) is 0 Å². The summed E-state index contributed by atoms with van der Waals surface area (Å²) in [6.07, 6.45) is -2.54. The Morgan fingerprint density at radius 1 is 1.22 bits per heavy atom. The van der Waals surface area contributed by atoms with Crippen molar-refractivity contribution in [3.63, 3.8) is 0 Å². The molecule has 126 valence electrons. The molecule has 23 heavy (non-hydrogen) atoms. The first-order valence-corrected chi connectivity index (χ1v) is 6.72. The van der Waals surface area contributed by atoms with Crippen molar-refractivity contribution in [2.24, 2.45) is 0 Å². The normalized spacial score (nSPS) is 12.3. The zero-order chi connectivity index (χ0) is 17.5. The largest absolute Gasteiger partial charge is 0.544 e. The second-order valence-electron chi connectivity index (χ2n) is 4.63. The molecule has 1 aromatic rings. The summed E-state index contributed by atoms with van der Waals surface area (Å²) in [7, 11) is 0. The Balaban J connectivity index is 2.76. The van der Waals surface area contributed by atoms with E-state index < -0.39 is 29.9 Å². The molecule has 0 saturated heterocycles. The molecule has 0 heterocycles. The number of carbonyl (C=O) groups is 3. The van der Waals surface area contributed by atoms with Crippen LogP contribution in [0, 0.1) is 0 Å². The van der Waals surface area contributed by atoms with Crippen molar-refractivity contribution >= 4 is 17.9 Å². The van der Waals surface area contributed by atoms with Crippen LogP contribution in [0.1, 0.15) is 31.4 Å². The monoisotopic (exact) mass is 329 g/mol. The number of ether oxygens (including phenoxy) is 2. The van der Waals surface area contributed by atoms with E-state index in [1.54, 1.807) is 6.07 Å². The van der Waals surface area contributed by atoms with E-state index in [9.17, 15) is 28.3 Å². The number of hydrogen-bond acceptors (Lipinski definition) is 6. The lowest BCUT2D eigenvalue weighted by molar-refractivity contribution is -0.337. The SMILES string of the molecule is CC(=O)OCCCC(=O)OC(c1ccccc1)C(F)(F)C(=O)[O-]. The predicted octanol–water partition coefficient (Wildman–Crippen LogP) is 0.999. The van der Waals surface area contributed by atoms with E-state index in [2.05, 4.69) is 9.47 Å². The molecule has 0 amide bonds. The van der Waals surface area contributed by atoms with Crippen LogP contribution in [0.5, 0.6) is 0 Å². The van der Waals surface area contributed by atoms with E-state index in [0.717, 1.165) is 0 Å². The molecule has 1 unspecified atom stereocenters. The molecule has 1 rings (SSSR count). The lowest BCUT2D eigenvalue weighted by Crippen LogP contribution is -2.47. The zero-order valence-electron chi connectivity index (χ0n) is 12.3. The van der Waals surface area contributed by atoms with Gasteiger partial charge in [0.15, 0.2) is 6.10 Å². The molecule has 8 heteroatoms. The lowest BCUT2D eigenvalue weighted by atomic mass is 10.0. The van der Waals surface area contributed by atoms with Crippen LogP contribution in [0.25, 0.3) is 0 Å². The van der Waals surface area contributed by atoms with Crippen molar-refractivity contribution < 1.29 is 37.7 Å². The highest BCUT2D eigenvalue weighted by atomic mass is 19.3. The Morgan fingerprint density at radius 3 is 2.35 bits per heavy atom. The van der Waals surface area contributed by atoms with Crippen LogP contribution < -0.4 is 5.11 Å². The maximum Gasteiger partial charge on any atom is 0.327 e. The standard InChI is InChI=1S/C15H16F2O6/c1-10(18)22-9-5-8-12(19)23-13(15(16,17)14(20)21)11-6-3-2-4-7-11/h2-4,6-7,13H,5,8-9H2,1H3,(H,20,21)/p-1. The van der Waals surface area contributed by atoms with Gasteiger partial charge in [-0.3, -0.25) is 9.59 Å². The molecule has 0 spiro atoms. The number of alkyl halides is 2. The fourth-order valence-corrected chi connectivity index (χ4v) is 1.71. The molecule has 0 aromatic heterocycles. The minimum atomic E-state index is -4.38. The first-order valence-electron chi connectivity index (χ1n) is 6.72. The molecule has 0 fully saturated rings. The average Bonchev–Trinajstić information content (AvgIpc) is 2.49. The summed E-state index contributed by atoms with van der Waals surface area (Å²) in [5, 5.41) is 10.6. The van der Waals surface area contributed by atoms with E-state index in [-0.39, 0.29) is 25.0 Å². The second kappa shape index (κ2) is 8.21. The molecule has 1 atom stereocenters. The highest BCUT2D eigenvalue weighted by Gasteiger charge is 2.45. The third-order valence-corrected chi connectivity index (χ3v) is 2.78. The summed E-state index contributed by atoms with van der Waals surface area (Å²) in [6.45, 7) is 1.11. The van der Waals surface area contributed by atoms with Gasteiger partial charge in [-0.15, -0.1) is 0 Å². The Bertz CT molecular complexity index is 558. The van der Waals surface area contributed by atoms with Crippen LogP contribution in [0.15, 0.2) is 30.3 Å². The number of halogens is 2. The van der Waals surface area contributed by atoms with Gasteiger partial charge in [-0.05, 0) is 12.0 Å². The van der Waals surface area contributed by atoms with Crippen LogP contribution in [0.4, 0.5) is 8.78 Å². The molecule has 0 bridgehead atoms. The maximum atomic E-state index is 13.7. The lowest BCUT2D eigenvalue weighted by Gasteiger charge is -2.27. The fraction of sp³-hybridized carbons (Fsp3) is 0.400. The van der Waals surface area contributed by atoms with E-state index >= 15 is 0 Å². The van der Waals surface area contributed by atoms with Crippen molar-refractivity contribution in [3.8, 4) is 0 Å². The van der Waals surface area contributed by atoms with Gasteiger partial charge < -0.3 is 19.4 Å². The number of aliphatic carboxylic acids is 1. The third-order valence-electron chi connectivity index (χ3n) is 2.78. The van der Waals surface area contributed by atoms with Crippen LogP contribution in [-0.4, -0.2) is 30.4 Å². The molecule has 0 aliphatic rings. The molecular formula is C15H15F2O6-. The number of carbonyl (C=O) groups excluding carboxylic acids is 3. The second-order valence-corrected chi connectivity index (χ2v) is 4.63. The van der Waals surface area contributed by atoms with E-state index in [1.807, 2.05) is 0 Å². The first-order chi connectivity index (χ1) is 10.7. The summed E-state index contributed by atoms with van der Waals surface area (Å²) in [4.78, 5) is 32.8. The summed E-state index contributed by atoms with van der Waals surface area (Å²) in [6, 6.07) is 6.78. The summed E-state index contributed by atoms with van der Waals surface area (Å²) < 4.78 is 36.7. The smallest absolute Gasteiger partial charge is 0.327 e. The molecule has 6 nitrogen and oxygen atoms in total. The quantitative estimate of drug-likeness (QED) is 0.522. The molecule has 1 aromatic carbocycles. The van der Waals surface area contributed by atoms with Crippen molar-refractivity contribution in [2.75, 3.05) is 6.61 Å². The van der Waals surface area contributed by atoms with Crippen LogP contribution in [0.2, 0.25) is 0 Å². The Labute approximate surface area is 131 Å². The van der Waals surface area contributed by atoms with Gasteiger partial charge in [0, 0.05) is 13.3 Å². The molecule has 0 N–H and O–H groups in total. The fourth-order valence-electron chi connectivity index (χ4n) is 1.71. The van der Waals surface area contributed by atoms with Gasteiger partial charge in [0.2, 0.25) is 0 Å². The van der Waals surface area contributed by atoms with Gasteiger partial charge in [0.25, 0.3) is 0 Å². The van der Waals surface area contributed by atoms with Gasteiger partial charge in [-0.1, -0.05) is 30.3 Å². The average molecular weight is 329 g/mol. The van der Waals surface area contributed by atoms with Crippen LogP contribution >= 0.6 is 0 Å². The number of carboxylic acid groups (broad SMARTS) is 1. The van der Waals surface area contributed by atoms with Crippen molar-refractivity contribution in [1.29, 1.82) is 0 Å². The molecule has 0 saturated carbocycles. The highest BCUT2D eigenvalue weighted by Crippen LogP contribution is 2.34. The summed E-state index contributed by atoms with van der Waals surface area (Å²) >= 11 is 0. The van der Waals surface area contributed by atoms with E-state index in [4.69, 9.17) is 0 Å². The highest BCUT2D eigenvalue weighted by molar-refractivity contribution is 5.76. The molecule has 0 radical (unpaired) electrons. The number of carboxylic acids is 1. The molecule has 0 aliphatic heterocycles. The van der Waals surface area contributed by atoms with Gasteiger partial charge in [0.05, 0.1) is 6.61 Å². The van der Waals surface area contributed by atoms with Gasteiger partial charge in [-0.25, -0.2) is 0 Å².